The summed E-state index contributed by atoms with van der Waals surface area (Å²) in [4.78, 5) is 4.93. The minimum absolute atomic E-state index is 0.262. The van der Waals surface area contributed by atoms with Crippen LogP contribution in [0, 0.1) is 5.92 Å². The van der Waals surface area contributed by atoms with Crippen LogP contribution in [-0.2, 0) is 5.60 Å². The third kappa shape index (κ3) is 4.28. The molecule has 2 fully saturated rings. The van der Waals surface area contributed by atoms with Crippen LogP contribution in [0.25, 0.3) is 0 Å². The smallest absolute Gasteiger partial charge is 0.142 e. The van der Waals surface area contributed by atoms with Gasteiger partial charge in [0.05, 0.1) is 25.5 Å². The average Bonchev–Trinajstić information content (AvgIpc) is 2.81. The summed E-state index contributed by atoms with van der Waals surface area (Å²) in [5, 5.41) is 11.7. The molecule has 1 saturated carbocycles. The van der Waals surface area contributed by atoms with E-state index < -0.39 is 5.60 Å². The first-order valence-electron chi connectivity index (χ1n) is 11.1. The van der Waals surface area contributed by atoms with Gasteiger partial charge < -0.3 is 19.5 Å². The molecule has 1 aliphatic carbocycles. The number of para-hydroxylation sites is 2. The van der Waals surface area contributed by atoms with Crippen molar-refractivity contribution in [3.8, 4) is 11.5 Å². The molecule has 2 aliphatic rings. The number of nitrogens with zero attached hydrogens (tertiary/aromatic N) is 2. The van der Waals surface area contributed by atoms with Gasteiger partial charge in [0.15, 0.2) is 0 Å². The lowest BCUT2D eigenvalue weighted by Gasteiger charge is -2.44. The van der Waals surface area contributed by atoms with Gasteiger partial charge >= 0.3 is 0 Å². The van der Waals surface area contributed by atoms with E-state index in [2.05, 4.69) is 21.9 Å². The van der Waals surface area contributed by atoms with Crippen molar-refractivity contribution in [1.82, 2.24) is 4.90 Å². The van der Waals surface area contributed by atoms with E-state index in [4.69, 9.17) is 9.47 Å². The minimum Gasteiger partial charge on any atom is -0.497 e. The van der Waals surface area contributed by atoms with Crippen LogP contribution < -0.4 is 14.4 Å². The number of anilines is 1. The Morgan fingerprint density at radius 2 is 1.67 bits per heavy atom. The lowest BCUT2D eigenvalue weighted by Crippen LogP contribution is -2.51. The maximum absolute atomic E-state index is 11.7. The number of rotatable bonds is 6. The first kappa shape index (κ1) is 21.0. The molecule has 4 rings (SSSR count). The summed E-state index contributed by atoms with van der Waals surface area (Å²) in [6, 6.07) is 16.3. The molecule has 162 valence electrons. The summed E-state index contributed by atoms with van der Waals surface area (Å²) in [5.41, 5.74) is 1.46. The van der Waals surface area contributed by atoms with Crippen molar-refractivity contribution in [3.63, 3.8) is 0 Å². The fourth-order valence-electron chi connectivity index (χ4n) is 5.10. The zero-order valence-electron chi connectivity index (χ0n) is 18.2. The summed E-state index contributed by atoms with van der Waals surface area (Å²) >= 11 is 0. The average molecular weight is 411 g/mol. The molecule has 0 radical (unpaired) electrons. The highest BCUT2D eigenvalue weighted by Gasteiger charge is 2.41. The molecule has 5 heteroatoms. The molecule has 5 nitrogen and oxygen atoms in total. The third-order valence-corrected chi connectivity index (χ3v) is 6.90. The summed E-state index contributed by atoms with van der Waals surface area (Å²) in [7, 11) is 3.41. The van der Waals surface area contributed by atoms with Crippen molar-refractivity contribution in [2.45, 2.75) is 31.3 Å². The summed E-state index contributed by atoms with van der Waals surface area (Å²) in [5.74, 6) is 2.03. The van der Waals surface area contributed by atoms with Gasteiger partial charge in [0, 0.05) is 38.6 Å². The molecule has 30 heavy (non-hydrogen) atoms. The Hall–Kier alpha value is -2.24. The number of ether oxygens (including phenoxy) is 2. The highest BCUT2D eigenvalue weighted by atomic mass is 16.5. The molecule has 0 bridgehead atoms. The number of hydrogen-bond donors (Lipinski definition) is 1. The largest absolute Gasteiger partial charge is 0.497 e. The van der Waals surface area contributed by atoms with Crippen molar-refractivity contribution < 1.29 is 14.6 Å². The SMILES string of the molecule is COc1ccc(C2(O)CCCCC2CN2CCN(c3ccccc3OC)CC2)cc1. The van der Waals surface area contributed by atoms with Crippen molar-refractivity contribution in [2.24, 2.45) is 5.92 Å². The first-order valence-corrected chi connectivity index (χ1v) is 11.1. The molecule has 0 aromatic heterocycles. The first-order chi connectivity index (χ1) is 14.6. The topological polar surface area (TPSA) is 45.2 Å². The van der Waals surface area contributed by atoms with E-state index in [0.717, 1.165) is 69.0 Å². The van der Waals surface area contributed by atoms with E-state index in [0.29, 0.717) is 0 Å². The highest BCUT2D eigenvalue weighted by molar-refractivity contribution is 5.58. The van der Waals surface area contributed by atoms with Crippen LogP contribution in [0.3, 0.4) is 0 Å². The number of hydrogen-bond acceptors (Lipinski definition) is 5. The van der Waals surface area contributed by atoms with Crippen LogP contribution in [0.4, 0.5) is 5.69 Å². The van der Waals surface area contributed by atoms with Crippen molar-refractivity contribution >= 4 is 5.69 Å². The number of piperazine rings is 1. The fraction of sp³-hybridized carbons (Fsp3) is 0.520. The van der Waals surface area contributed by atoms with E-state index in [9.17, 15) is 5.11 Å². The quantitative estimate of drug-likeness (QED) is 0.782. The third-order valence-electron chi connectivity index (χ3n) is 6.90. The Morgan fingerprint density at radius 3 is 2.37 bits per heavy atom. The Balaban J connectivity index is 1.41. The molecule has 1 saturated heterocycles. The number of aliphatic hydroxyl groups is 1. The molecule has 2 aromatic rings. The maximum Gasteiger partial charge on any atom is 0.142 e. The van der Waals surface area contributed by atoms with Crippen LogP contribution in [0.2, 0.25) is 0 Å². The predicted molar refractivity (Wildman–Crippen MR) is 120 cm³/mol. The molecule has 1 heterocycles. The fourth-order valence-corrected chi connectivity index (χ4v) is 5.10. The lowest BCUT2D eigenvalue weighted by atomic mass is 9.71. The van der Waals surface area contributed by atoms with E-state index >= 15 is 0 Å². The molecule has 2 aromatic carbocycles. The molecule has 2 unspecified atom stereocenters. The standard InChI is InChI=1S/C25H34N2O3/c1-29-22-12-10-20(11-13-22)25(28)14-6-5-7-21(25)19-26-15-17-27(18-16-26)23-8-3-4-9-24(23)30-2/h3-4,8-13,21,28H,5-7,14-19H2,1-2H3. The van der Waals surface area contributed by atoms with Gasteiger partial charge in [0.2, 0.25) is 0 Å². The van der Waals surface area contributed by atoms with Crippen molar-refractivity contribution in [2.75, 3.05) is 51.8 Å². The van der Waals surface area contributed by atoms with E-state index in [1.165, 1.54) is 12.1 Å². The highest BCUT2D eigenvalue weighted by Crippen LogP contribution is 2.42. The van der Waals surface area contributed by atoms with E-state index in [-0.39, 0.29) is 5.92 Å². The zero-order valence-corrected chi connectivity index (χ0v) is 18.2. The summed E-state index contributed by atoms with van der Waals surface area (Å²) in [6.45, 7) is 4.92. The van der Waals surface area contributed by atoms with Gasteiger partial charge in [0.25, 0.3) is 0 Å². The van der Waals surface area contributed by atoms with Crippen LogP contribution in [0.1, 0.15) is 31.2 Å². The molecule has 1 N–H and O–H groups in total. The number of methoxy groups -OCH3 is 2. The van der Waals surface area contributed by atoms with Gasteiger partial charge in [-0.3, -0.25) is 4.90 Å². The number of benzene rings is 2. The van der Waals surface area contributed by atoms with Crippen LogP contribution in [0.15, 0.2) is 48.5 Å². The molecule has 1 aliphatic heterocycles. The Labute approximate surface area is 180 Å². The molecule has 2 atom stereocenters. The predicted octanol–water partition coefficient (Wildman–Crippen LogP) is 3.90. The Kier molecular flexibility index (Phi) is 6.49. The van der Waals surface area contributed by atoms with Gasteiger partial charge in [-0.2, -0.15) is 0 Å². The van der Waals surface area contributed by atoms with Gasteiger partial charge in [-0.25, -0.2) is 0 Å². The summed E-state index contributed by atoms with van der Waals surface area (Å²) in [6.07, 6.45) is 4.20. The van der Waals surface area contributed by atoms with Crippen LogP contribution in [-0.4, -0.2) is 56.9 Å². The second kappa shape index (κ2) is 9.27. The Morgan fingerprint density at radius 1 is 0.933 bits per heavy atom. The van der Waals surface area contributed by atoms with Gasteiger partial charge in [-0.1, -0.05) is 37.1 Å². The van der Waals surface area contributed by atoms with Crippen LogP contribution >= 0.6 is 0 Å². The van der Waals surface area contributed by atoms with Crippen molar-refractivity contribution in [1.29, 1.82) is 0 Å². The lowest BCUT2D eigenvalue weighted by molar-refractivity contribution is -0.0660. The monoisotopic (exact) mass is 410 g/mol. The second-order valence-electron chi connectivity index (χ2n) is 8.55. The summed E-state index contributed by atoms with van der Waals surface area (Å²) < 4.78 is 10.8. The van der Waals surface area contributed by atoms with E-state index in [1.807, 2.05) is 36.4 Å². The van der Waals surface area contributed by atoms with Gasteiger partial charge in [0.1, 0.15) is 11.5 Å². The molecule has 0 spiro atoms. The molecular weight excluding hydrogens is 376 g/mol. The van der Waals surface area contributed by atoms with Crippen LogP contribution in [0.5, 0.6) is 11.5 Å². The molecule has 0 amide bonds. The maximum atomic E-state index is 11.7. The minimum atomic E-state index is -0.746. The van der Waals surface area contributed by atoms with Gasteiger partial charge in [-0.15, -0.1) is 0 Å². The Bertz CT molecular complexity index is 817. The normalized spacial score (nSPS) is 25.2. The van der Waals surface area contributed by atoms with Gasteiger partial charge in [-0.05, 0) is 42.7 Å². The van der Waals surface area contributed by atoms with Crippen molar-refractivity contribution in [3.05, 3.63) is 54.1 Å². The molecular formula is C25H34N2O3. The zero-order chi connectivity index (χ0) is 21.0. The van der Waals surface area contributed by atoms with E-state index in [1.54, 1.807) is 14.2 Å². The second-order valence-corrected chi connectivity index (χ2v) is 8.55.